The molecule has 0 spiro atoms. The van der Waals surface area contributed by atoms with Crippen LogP contribution in [0.5, 0.6) is 0 Å². The van der Waals surface area contributed by atoms with Gasteiger partial charge in [0, 0.05) is 0 Å². The van der Waals surface area contributed by atoms with Gasteiger partial charge in [0.2, 0.25) is 0 Å². The molecular formula is C10H8Cl2O2. The molecule has 4 heteroatoms. The number of hydrogen-bond donors (Lipinski definition) is 0. The molecule has 0 atom stereocenters. The molecule has 0 saturated carbocycles. The van der Waals surface area contributed by atoms with E-state index in [2.05, 4.69) is 0 Å². The first-order chi connectivity index (χ1) is 6.61. The van der Waals surface area contributed by atoms with Crippen molar-refractivity contribution in [2.24, 2.45) is 0 Å². The van der Waals surface area contributed by atoms with Crippen molar-refractivity contribution in [1.82, 2.24) is 0 Å². The molecule has 0 bridgehead atoms. The normalized spacial score (nSPS) is 9.36. The third kappa shape index (κ3) is 3.05. The van der Waals surface area contributed by atoms with Gasteiger partial charge in [0.15, 0.2) is 0 Å². The minimum absolute atomic E-state index is 0.0908. The monoisotopic (exact) mass is 230 g/mol. The van der Waals surface area contributed by atoms with Crippen molar-refractivity contribution < 1.29 is 9.53 Å². The van der Waals surface area contributed by atoms with Crippen molar-refractivity contribution in [2.75, 3.05) is 0 Å². The molecule has 0 aromatic heterocycles. The number of carbonyl (C=O) groups excluding carboxylic acids is 1. The van der Waals surface area contributed by atoms with Crippen LogP contribution >= 0.6 is 23.2 Å². The molecule has 2 nitrogen and oxygen atoms in total. The van der Waals surface area contributed by atoms with Crippen LogP contribution in [0.15, 0.2) is 35.0 Å². The first-order valence-corrected chi connectivity index (χ1v) is 4.64. The Morgan fingerprint density at radius 2 is 2.00 bits per heavy atom. The van der Waals surface area contributed by atoms with Crippen molar-refractivity contribution in [3.05, 3.63) is 46.1 Å². The molecule has 0 unspecified atom stereocenters. The fourth-order valence-corrected chi connectivity index (χ4v) is 1.05. The number of ether oxygens (including phenoxy) is 1. The second-order valence-electron chi connectivity index (χ2n) is 2.63. The summed E-state index contributed by atoms with van der Waals surface area (Å²) in [5.74, 6) is -0.470. The summed E-state index contributed by atoms with van der Waals surface area (Å²) in [7, 11) is 0. The zero-order valence-corrected chi connectivity index (χ0v) is 8.97. The summed E-state index contributed by atoms with van der Waals surface area (Å²) in [5, 5.41) is 0. The standard InChI is InChI=1S/C10H8Cl2O2/c1-7-4-2-3-5-8(7)10(13)14-6-9(11)12/h2-6H,1H3. The van der Waals surface area contributed by atoms with Gasteiger partial charge in [0.1, 0.15) is 10.8 Å². The van der Waals surface area contributed by atoms with Crippen LogP contribution < -0.4 is 0 Å². The smallest absolute Gasteiger partial charge is 0.343 e. The molecule has 0 aliphatic rings. The average molecular weight is 231 g/mol. The minimum atomic E-state index is -0.470. The molecule has 0 N–H and O–H groups in total. The van der Waals surface area contributed by atoms with Gasteiger partial charge in [-0.2, -0.15) is 0 Å². The van der Waals surface area contributed by atoms with Crippen LogP contribution in [-0.2, 0) is 4.74 Å². The summed E-state index contributed by atoms with van der Waals surface area (Å²) >= 11 is 10.6. The van der Waals surface area contributed by atoms with Crippen molar-refractivity contribution in [3.63, 3.8) is 0 Å². The number of rotatable bonds is 2. The molecule has 74 valence electrons. The highest BCUT2D eigenvalue weighted by molar-refractivity contribution is 6.55. The van der Waals surface area contributed by atoms with Crippen LogP contribution in [0, 0.1) is 6.92 Å². The predicted molar refractivity (Wildman–Crippen MR) is 56.4 cm³/mol. The Morgan fingerprint density at radius 3 is 2.57 bits per heavy atom. The van der Waals surface area contributed by atoms with E-state index in [4.69, 9.17) is 27.9 Å². The SMILES string of the molecule is Cc1ccccc1C(=O)OC=C(Cl)Cl. The molecule has 1 aromatic carbocycles. The van der Waals surface area contributed by atoms with Gasteiger partial charge in [-0.15, -0.1) is 0 Å². The highest BCUT2D eigenvalue weighted by Crippen LogP contribution is 2.11. The molecule has 0 aliphatic carbocycles. The van der Waals surface area contributed by atoms with E-state index in [1.807, 2.05) is 19.1 Å². The van der Waals surface area contributed by atoms with E-state index in [9.17, 15) is 4.79 Å². The zero-order chi connectivity index (χ0) is 10.6. The van der Waals surface area contributed by atoms with E-state index >= 15 is 0 Å². The zero-order valence-electron chi connectivity index (χ0n) is 7.46. The van der Waals surface area contributed by atoms with Crippen LogP contribution in [-0.4, -0.2) is 5.97 Å². The van der Waals surface area contributed by atoms with Gasteiger partial charge in [0.05, 0.1) is 5.56 Å². The Morgan fingerprint density at radius 1 is 1.36 bits per heavy atom. The summed E-state index contributed by atoms with van der Waals surface area (Å²) in [5.41, 5.74) is 1.34. The lowest BCUT2D eigenvalue weighted by molar-refractivity contribution is 0.0662. The lowest BCUT2D eigenvalue weighted by Crippen LogP contribution is -2.02. The van der Waals surface area contributed by atoms with E-state index in [0.717, 1.165) is 11.8 Å². The fourth-order valence-electron chi connectivity index (χ4n) is 0.963. The van der Waals surface area contributed by atoms with Gasteiger partial charge < -0.3 is 4.74 Å². The number of esters is 1. The molecule has 0 radical (unpaired) electrons. The minimum Gasteiger partial charge on any atom is -0.428 e. The van der Waals surface area contributed by atoms with Crippen molar-refractivity contribution in [3.8, 4) is 0 Å². The Balaban J connectivity index is 2.80. The molecule has 1 rings (SSSR count). The lowest BCUT2D eigenvalue weighted by atomic mass is 10.1. The molecule has 1 aromatic rings. The number of benzene rings is 1. The van der Waals surface area contributed by atoms with Crippen LogP contribution in [0.25, 0.3) is 0 Å². The summed E-state index contributed by atoms with van der Waals surface area (Å²) in [6.45, 7) is 1.82. The Labute approximate surface area is 92.1 Å². The Bertz CT molecular complexity index is 368. The largest absolute Gasteiger partial charge is 0.428 e. The van der Waals surface area contributed by atoms with E-state index in [-0.39, 0.29) is 4.49 Å². The van der Waals surface area contributed by atoms with Crippen LogP contribution in [0.3, 0.4) is 0 Å². The predicted octanol–water partition coefficient (Wildman–Crippen LogP) is 3.43. The van der Waals surface area contributed by atoms with Gasteiger partial charge in [-0.05, 0) is 18.6 Å². The molecule has 0 saturated heterocycles. The molecule has 0 fully saturated rings. The van der Waals surface area contributed by atoms with Crippen molar-refractivity contribution >= 4 is 29.2 Å². The Hall–Kier alpha value is -0.990. The second-order valence-corrected chi connectivity index (χ2v) is 3.64. The average Bonchev–Trinajstić information content (AvgIpc) is 2.15. The van der Waals surface area contributed by atoms with Crippen LogP contribution in [0.2, 0.25) is 0 Å². The van der Waals surface area contributed by atoms with Gasteiger partial charge in [-0.1, -0.05) is 41.4 Å². The quantitative estimate of drug-likeness (QED) is 0.575. The highest BCUT2D eigenvalue weighted by atomic mass is 35.5. The molecule has 0 aliphatic heterocycles. The lowest BCUT2D eigenvalue weighted by Gasteiger charge is -2.02. The summed E-state index contributed by atoms with van der Waals surface area (Å²) in [6.07, 6.45) is 0.998. The van der Waals surface area contributed by atoms with E-state index < -0.39 is 5.97 Å². The number of hydrogen-bond acceptors (Lipinski definition) is 2. The third-order valence-electron chi connectivity index (χ3n) is 1.62. The van der Waals surface area contributed by atoms with Crippen LogP contribution in [0.4, 0.5) is 0 Å². The van der Waals surface area contributed by atoms with E-state index in [1.165, 1.54) is 0 Å². The Kier molecular flexibility index (Phi) is 3.98. The summed E-state index contributed by atoms with van der Waals surface area (Å²) in [4.78, 5) is 11.4. The van der Waals surface area contributed by atoms with Crippen molar-refractivity contribution in [1.29, 1.82) is 0 Å². The maximum Gasteiger partial charge on any atom is 0.343 e. The third-order valence-corrected chi connectivity index (χ3v) is 1.80. The fraction of sp³-hybridized carbons (Fsp3) is 0.100. The van der Waals surface area contributed by atoms with Gasteiger partial charge >= 0.3 is 5.97 Å². The maximum absolute atomic E-state index is 11.4. The molecular weight excluding hydrogens is 223 g/mol. The van der Waals surface area contributed by atoms with Gasteiger partial charge in [-0.25, -0.2) is 4.79 Å². The number of aryl methyl sites for hydroxylation is 1. The van der Waals surface area contributed by atoms with Gasteiger partial charge in [-0.3, -0.25) is 0 Å². The van der Waals surface area contributed by atoms with E-state index in [0.29, 0.717) is 5.56 Å². The molecule has 14 heavy (non-hydrogen) atoms. The number of carbonyl (C=O) groups is 1. The number of halogens is 2. The first kappa shape index (κ1) is 11.1. The van der Waals surface area contributed by atoms with Crippen molar-refractivity contribution in [2.45, 2.75) is 6.92 Å². The van der Waals surface area contributed by atoms with Gasteiger partial charge in [0.25, 0.3) is 0 Å². The second kappa shape index (κ2) is 5.03. The topological polar surface area (TPSA) is 26.3 Å². The van der Waals surface area contributed by atoms with Crippen LogP contribution in [0.1, 0.15) is 15.9 Å². The molecule has 0 heterocycles. The first-order valence-electron chi connectivity index (χ1n) is 3.89. The summed E-state index contributed by atoms with van der Waals surface area (Å²) in [6, 6.07) is 7.10. The summed E-state index contributed by atoms with van der Waals surface area (Å²) < 4.78 is 4.61. The van der Waals surface area contributed by atoms with E-state index in [1.54, 1.807) is 12.1 Å². The maximum atomic E-state index is 11.4. The molecule has 0 amide bonds. The highest BCUT2D eigenvalue weighted by Gasteiger charge is 2.08.